The van der Waals surface area contributed by atoms with E-state index >= 15 is 0 Å². The molecule has 1 fully saturated rings. The van der Waals surface area contributed by atoms with E-state index in [2.05, 4.69) is 5.10 Å². The van der Waals surface area contributed by atoms with Gasteiger partial charge in [-0.2, -0.15) is 18.3 Å². The topological polar surface area (TPSA) is 55.2 Å². The summed E-state index contributed by atoms with van der Waals surface area (Å²) >= 11 is 0. The van der Waals surface area contributed by atoms with Crippen LogP contribution in [0.15, 0.2) is 18.5 Å². The molecule has 0 saturated heterocycles. The first-order valence-corrected chi connectivity index (χ1v) is 8.71. The zero-order chi connectivity index (χ0) is 16.4. The average Bonchev–Trinajstić information content (AvgIpc) is 2.97. The van der Waals surface area contributed by atoms with Crippen LogP contribution in [-0.2, 0) is 16.6 Å². The molecule has 2 rings (SSSR count). The van der Waals surface area contributed by atoms with Crippen molar-refractivity contribution in [1.82, 2.24) is 14.1 Å². The molecule has 0 aliphatic heterocycles. The van der Waals surface area contributed by atoms with Crippen molar-refractivity contribution >= 4 is 10.0 Å². The van der Waals surface area contributed by atoms with Crippen LogP contribution in [0.25, 0.3) is 0 Å². The fourth-order valence-electron chi connectivity index (χ4n) is 2.75. The van der Waals surface area contributed by atoms with E-state index in [4.69, 9.17) is 0 Å². The summed E-state index contributed by atoms with van der Waals surface area (Å²) in [6, 6.07) is 1.74. The standard InChI is InChI=1S/C13H20F3N3O2S/c1-18(9-10-19-8-2-7-17-19)22(20,21)12-5-3-11(4-6-12)13(14,15)16/h2,7-8,11-12H,3-6,9-10H2,1H3. The van der Waals surface area contributed by atoms with Gasteiger partial charge in [0.25, 0.3) is 0 Å². The third-order valence-corrected chi connectivity index (χ3v) is 6.56. The van der Waals surface area contributed by atoms with Crippen molar-refractivity contribution in [1.29, 1.82) is 0 Å². The van der Waals surface area contributed by atoms with E-state index in [1.165, 1.54) is 11.4 Å². The number of alkyl halides is 3. The normalized spacial score (nSPS) is 23.9. The predicted molar refractivity (Wildman–Crippen MR) is 75.6 cm³/mol. The molecule has 1 aromatic heterocycles. The van der Waals surface area contributed by atoms with E-state index in [0.717, 1.165) is 0 Å². The lowest BCUT2D eigenvalue weighted by Gasteiger charge is -2.31. The van der Waals surface area contributed by atoms with Gasteiger partial charge in [-0.1, -0.05) is 0 Å². The minimum Gasteiger partial charge on any atom is -0.271 e. The molecule has 0 radical (unpaired) electrons. The zero-order valence-electron chi connectivity index (χ0n) is 12.3. The second-order valence-electron chi connectivity index (χ2n) is 5.65. The van der Waals surface area contributed by atoms with Gasteiger partial charge in [0.1, 0.15) is 0 Å². The number of likely N-dealkylation sites (N-methyl/N-ethyl adjacent to an activating group) is 1. The molecule has 0 N–H and O–H groups in total. The summed E-state index contributed by atoms with van der Waals surface area (Å²) in [5.74, 6) is -1.37. The van der Waals surface area contributed by atoms with Crippen LogP contribution < -0.4 is 0 Å². The number of rotatable bonds is 5. The first-order valence-electron chi connectivity index (χ1n) is 7.20. The third-order valence-electron chi connectivity index (χ3n) is 4.20. The SMILES string of the molecule is CN(CCn1cccn1)S(=O)(=O)C1CCC(C(F)(F)F)CC1. The van der Waals surface area contributed by atoms with Crippen molar-refractivity contribution < 1.29 is 21.6 Å². The molecule has 1 aliphatic rings. The second-order valence-corrected chi connectivity index (χ2v) is 7.97. The molecule has 0 bridgehead atoms. The van der Waals surface area contributed by atoms with Crippen LogP contribution in [0.1, 0.15) is 25.7 Å². The Morgan fingerprint density at radius 1 is 1.27 bits per heavy atom. The van der Waals surface area contributed by atoms with Gasteiger partial charge >= 0.3 is 6.18 Å². The van der Waals surface area contributed by atoms with E-state index in [-0.39, 0.29) is 32.2 Å². The molecule has 0 unspecified atom stereocenters. The molecule has 1 aliphatic carbocycles. The Hall–Kier alpha value is -1.09. The maximum Gasteiger partial charge on any atom is 0.391 e. The smallest absolute Gasteiger partial charge is 0.271 e. The summed E-state index contributed by atoms with van der Waals surface area (Å²) in [6.45, 7) is 0.670. The Balaban J connectivity index is 1.90. The predicted octanol–water partition coefficient (Wildman–Crippen LogP) is 2.27. The summed E-state index contributed by atoms with van der Waals surface area (Å²) < 4.78 is 65.6. The van der Waals surface area contributed by atoms with Gasteiger partial charge in [0.2, 0.25) is 10.0 Å². The zero-order valence-corrected chi connectivity index (χ0v) is 13.1. The van der Waals surface area contributed by atoms with E-state index in [0.29, 0.717) is 6.54 Å². The van der Waals surface area contributed by atoms with Crippen LogP contribution in [0.5, 0.6) is 0 Å². The fourth-order valence-corrected chi connectivity index (χ4v) is 4.46. The monoisotopic (exact) mass is 339 g/mol. The van der Waals surface area contributed by atoms with Gasteiger partial charge in [0.15, 0.2) is 0 Å². The van der Waals surface area contributed by atoms with Gasteiger partial charge in [-0.15, -0.1) is 0 Å². The Morgan fingerprint density at radius 3 is 2.41 bits per heavy atom. The highest BCUT2D eigenvalue weighted by Crippen LogP contribution is 2.39. The van der Waals surface area contributed by atoms with E-state index in [1.807, 2.05) is 0 Å². The number of hydrogen-bond donors (Lipinski definition) is 0. The van der Waals surface area contributed by atoms with Gasteiger partial charge in [-0.3, -0.25) is 4.68 Å². The van der Waals surface area contributed by atoms with Crippen LogP contribution >= 0.6 is 0 Å². The molecule has 0 aromatic carbocycles. The maximum absolute atomic E-state index is 12.6. The van der Waals surface area contributed by atoms with Crippen LogP contribution in [0, 0.1) is 5.92 Å². The third kappa shape index (κ3) is 4.01. The lowest BCUT2D eigenvalue weighted by Crippen LogP contribution is -2.41. The van der Waals surface area contributed by atoms with Gasteiger partial charge in [-0.05, 0) is 31.7 Å². The molecule has 0 atom stereocenters. The molecule has 126 valence electrons. The lowest BCUT2D eigenvalue weighted by molar-refractivity contribution is -0.181. The van der Waals surface area contributed by atoms with Crippen LogP contribution in [0.3, 0.4) is 0 Å². The van der Waals surface area contributed by atoms with Crippen LogP contribution in [0.4, 0.5) is 13.2 Å². The molecule has 22 heavy (non-hydrogen) atoms. The number of sulfonamides is 1. The van der Waals surface area contributed by atoms with Gasteiger partial charge in [0, 0.05) is 26.0 Å². The molecule has 0 amide bonds. The molecule has 5 nitrogen and oxygen atoms in total. The number of hydrogen-bond acceptors (Lipinski definition) is 3. The largest absolute Gasteiger partial charge is 0.391 e. The van der Waals surface area contributed by atoms with Crippen molar-refractivity contribution in [3.63, 3.8) is 0 Å². The van der Waals surface area contributed by atoms with Gasteiger partial charge < -0.3 is 0 Å². The summed E-state index contributed by atoms with van der Waals surface area (Å²) in [7, 11) is -2.09. The van der Waals surface area contributed by atoms with Gasteiger partial charge in [-0.25, -0.2) is 12.7 Å². The van der Waals surface area contributed by atoms with E-state index in [9.17, 15) is 21.6 Å². The summed E-state index contributed by atoms with van der Waals surface area (Å²) in [5, 5.41) is 3.28. The molecule has 9 heteroatoms. The molecule has 1 saturated carbocycles. The molecule has 0 spiro atoms. The molecule has 1 aromatic rings. The van der Waals surface area contributed by atoms with Gasteiger partial charge in [0.05, 0.1) is 17.7 Å². The summed E-state index contributed by atoms with van der Waals surface area (Å²) in [4.78, 5) is 0. The number of halogens is 3. The van der Waals surface area contributed by atoms with Crippen molar-refractivity contribution in [3.8, 4) is 0 Å². The highest BCUT2D eigenvalue weighted by atomic mass is 32.2. The first kappa shape index (κ1) is 17.3. The van der Waals surface area contributed by atoms with Crippen molar-refractivity contribution in [2.24, 2.45) is 5.92 Å². The Morgan fingerprint density at radius 2 is 1.91 bits per heavy atom. The average molecular weight is 339 g/mol. The Bertz CT molecular complexity index is 564. The van der Waals surface area contributed by atoms with Crippen molar-refractivity contribution in [2.45, 2.75) is 43.7 Å². The first-order chi connectivity index (χ1) is 10.2. The van der Waals surface area contributed by atoms with Crippen molar-refractivity contribution in [2.75, 3.05) is 13.6 Å². The number of nitrogens with zero attached hydrogens (tertiary/aromatic N) is 3. The van der Waals surface area contributed by atoms with Crippen LogP contribution in [0.2, 0.25) is 0 Å². The molecular formula is C13H20F3N3O2S. The minimum absolute atomic E-state index is 0.0681. The quantitative estimate of drug-likeness (QED) is 0.827. The van der Waals surface area contributed by atoms with E-state index in [1.54, 1.807) is 23.1 Å². The number of aromatic nitrogens is 2. The minimum atomic E-state index is -4.22. The summed E-state index contributed by atoms with van der Waals surface area (Å²) in [5.41, 5.74) is 0. The van der Waals surface area contributed by atoms with Crippen molar-refractivity contribution in [3.05, 3.63) is 18.5 Å². The Labute approximate surface area is 128 Å². The van der Waals surface area contributed by atoms with Crippen LogP contribution in [-0.4, -0.2) is 47.5 Å². The van der Waals surface area contributed by atoms with E-state index < -0.39 is 27.4 Å². The second kappa shape index (κ2) is 6.57. The highest BCUT2D eigenvalue weighted by molar-refractivity contribution is 7.89. The summed E-state index contributed by atoms with van der Waals surface area (Å²) in [6.07, 6.45) is -0.972. The molecular weight excluding hydrogens is 319 g/mol. The molecule has 1 heterocycles. The Kier molecular flexibility index (Phi) is 5.16. The highest BCUT2D eigenvalue weighted by Gasteiger charge is 2.44. The lowest BCUT2D eigenvalue weighted by atomic mass is 9.88. The fraction of sp³-hybridized carbons (Fsp3) is 0.769. The maximum atomic E-state index is 12.6.